The Hall–Kier alpha value is -0.220. The van der Waals surface area contributed by atoms with Gasteiger partial charge in [0.25, 0.3) is 5.24 Å². The third kappa shape index (κ3) is 1.59. The summed E-state index contributed by atoms with van der Waals surface area (Å²) < 4.78 is 4.47. The van der Waals surface area contributed by atoms with Crippen LogP contribution in [0.15, 0.2) is 0 Å². The van der Waals surface area contributed by atoms with Crippen molar-refractivity contribution < 1.29 is 14.3 Å². The van der Waals surface area contributed by atoms with Crippen molar-refractivity contribution in [3.63, 3.8) is 0 Å². The van der Waals surface area contributed by atoms with Gasteiger partial charge in [0, 0.05) is 0 Å². The number of esters is 1. The molecule has 0 aliphatic carbocycles. The first-order valence-corrected chi connectivity index (χ1v) is 3.63. The lowest BCUT2D eigenvalue weighted by Crippen LogP contribution is -2.11. The van der Waals surface area contributed by atoms with Crippen LogP contribution < -0.4 is 0 Å². The molecule has 1 rings (SSSR count). The van der Waals surface area contributed by atoms with E-state index in [4.69, 9.17) is 11.6 Å². The Balaban J connectivity index is 2.48. The zero-order valence-electron chi connectivity index (χ0n) is 4.30. The van der Waals surface area contributed by atoms with Crippen LogP contribution in [0.4, 0.5) is 0 Å². The largest absolute Gasteiger partial charge is 0.441 e. The number of halogens is 1. The minimum Gasteiger partial charge on any atom is -0.441 e. The molecule has 1 heterocycles. The summed E-state index contributed by atoms with van der Waals surface area (Å²) in [5, 5.41) is -0.620. The lowest BCUT2D eigenvalue weighted by molar-refractivity contribution is -0.143. The van der Waals surface area contributed by atoms with Gasteiger partial charge in [0.1, 0.15) is 0 Å². The summed E-state index contributed by atoms with van der Waals surface area (Å²) in [6.45, 7) is 0. The van der Waals surface area contributed by atoms with Crippen molar-refractivity contribution in [2.75, 3.05) is 5.75 Å². The van der Waals surface area contributed by atoms with E-state index in [1.807, 2.05) is 0 Å². The van der Waals surface area contributed by atoms with Crippen molar-refractivity contribution in [3.05, 3.63) is 0 Å². The SMILES string of the molecule is O=C1CSC(C(=O)Cl)O1. The van der Waals surface area contributed by atoms with Gasteiger partial charge in [-0.25, -0.2) is 0 Å². The van der Waals surface area contributed by atoms with Gasteiger partial charge < -0.3 is 4.74 Å². The van der Waals surface area contributed by atoms with E-state index in [9.17, 15) is 9.59 Å². The van der Waals surface area contributed by atoms with E-state index >= 15 is 0 Å². The summed E-state index contributed by atoms with van der Waals surface area (Å²) in [6.07, 6.45) is 0. The van der Waals surface area contributed by atoms with E-state index in [0.29, 0.717) is 0 Å². The molecule has 0 aromatic rings. The Bertz CT molecular complexity index is 158. The van der Waals surface area contributed by atoms with E-state index in [-0.39, 0.29) is 11.7 Å². The summed E-state index contributed by atoms with van der Waals surface area (Å²) in [4.78, 5) is 20.6. The first kappa shape index (κ1) is 6.89. The standard InChI is InChI=1S/C4H3ClO3S/c5-3(7)4-8-2(6)1-9-4/h4H,1H2. The molecule has 0 aromatic carbocycles. The molecule has 0 spiro atoms. The van der Waals surface area contributed by atoms with E-state index in [2.05, 4.69) is 4.74 Å². The molecule has 1 aliphatic heterocycles. The van der Waals surface area contributed by atoms with Crippen molar-refractivity contribution in [1.82, 2.24) is 0 Å². The molecular formula is C4H3ClO3S. The van der Waals surface area contributed by atoms with Crippen LogP contribution in [0.3, 0.4) is 0 Å². The van der Waals surface area contributed by atoms with Crippen molar-refractivity contribution in [3.8, 4) is 0 Å². The fraction of sp³-hybridized carbons (Fsp3) is 0.500. The fourth-order valence-electron chi connectivity index (χ4n) is 0.443. The second-order valence-electron chi connectivity index (χ2n) is 1.44. The van der Waals surface area contributed by atoms with Crippen molar-refractivity contribution in [2.24, 2.45) is 0 Å². The smallest absolute Gasteiger partial charge is 0.317 e. The van der Waals surface area contributed by atoms with Gasteiger partial charge in [-0.1, -0.05) is 11.8 Å². The molecule has 0 bridgehead atoms. The molecule has 0 N–H and O–H groups in total. The number of thioether (sulfide) groups is 1. The van der Waals surface area contributed by atoms with Gasteiger partial charge >= 0.3 is 5.97 Å². The maximum atomic E-state index is 10.3. The zero-order chi connectivity index (χ0) is 6.85. The van der Waals surface area contributed by atoms with Gasteiger partial charge in [-0.2, -0.15) is 0 Å². The molecular weight excluding hydrogens is 164 g/mol. The predicted molar refractivity (Wildman–Crippen MR) is 33.2 cm³/mol. The van der Waals surface area contributed by atoms with Crippen LogP contribution >= 0.6 is 23.4 Å². The van der Waals surface area contributed by atoms with E-state index in [0.717, 1.165) is 11.8 Å². The van der Waals surface area contributed by atoms with Crippen LogP contribution in [-0.4, -0.2) is 22.4 Å². The lowest BCUT2D eigenvalue weighted by atomic mass is 10.7. The minimum absolute atomic E-state index is 0.225. The average Bonchev–Trinajstić information content (AvgIpc) is 2.14. The molecule has 3 nitrogen and oxygen atoms in total. The maximum absolute atomic E-state index is 10.3. The van der Waals surface area contributed by atoms with E-state index in [1.165, 1.54) is 0 Å². The van der Waals surface area contributed by atoms with Gasteiger partial charge in [-0.05, 0) is 11.6 Å². The highest BCUT2D eigenvalue weighted by Gasteiger charge is 2.28. The number of hydrogen-bond donors (Lipinski definition) is 0. The van der Waals surface area contributed by atoms with Gasteiger partial charge in [0.15, 0.2) is 0 Å². The number of carbonyl (C=O) groups excluding carboxylic acids is 2. The second kappa shape index (κ2) is 2.58. The molecule has 1 aliphatic rings. The maximum Gasteiger partial charge on any atom is 0.317 e. The Kier molecular flexibility index (Phi) is 1.97. The Morgan fingerprint density at radius 3 is 2.78 bits per heavy atom. The first-order valence-electron chi connectivity index (χ1n) is 2.20. The highest BCUT2D eigenvalue weighted by atomic mass is 35.5. The molecule has 1 fully saturated rings. The molecule has 1 unspecified atom stereocenters. The summed E-state index contributed by atoms with van der Waals surface area (Å²) in [5.74, 6) is -0.151. The normalized spacial score (nSPS) is 25.9. The lowest BCUT2D eigenvalue weighted by Gasteiger charge is -1.97. The molecule has 50 valence electrons. The number of rotatable bonds is 1. The molecule has 1 atom stereocenters. The minimum atomic E-state index is -0.765. The van der Waals surface area contributed by atoms with Gasteiger partial charge in [0.2, 0.25) is 5.44 Å². The summed E-state index contributed by atoms with van der Waals surface area (Å²) in [6, 6.07) is 0. The molecule has 9 heavy (non-hydrogen) atoms. The van der Waals surface area contributed by atoms with E-state index in [1.54, 1.807) is 0 Å². The third-order valence-corrected chi connectivity index (χ3v) is 2.12. The monoisotopic (exact) mass is 166 g/mol. The fourth-order valence-corrected chi connectivity index (χ4v) is 1.34. The first-order chi connectivity index (χ1) is 4.20. The second-order valence-corrected chi connectivity index (χ2v) is 2.86. The molecule has 1 saturated heterocycles. The number of cyclic esters (lactones) is 1. The van der Waals surface area contributed by atoms with Crippen LogP contribution in [0, 0.1) is 0 Å². The molecule has 0 saturated carbocycles. The predicted octanol–water partition coefficient (Wildman–Crippen LogP) is 0.368. The van der Waals surface area contributed by atoms with Crippen molar-refractivity contribution >= 4 is 34.6 Å². The quantitative estimate of drug-likeness (QED) is 0.417. The molecule has 0 amide bonds. The van der Waals surface area contributed by atoms with Crippen LogP contribution in [0.25, 0.3) is 0 Å². The van der Waals surface area contributed by atoms with Crippen molar-refractivity contribution in [2.45, 2.75) is 5.44 Å². The zero-order valence-corrected chi connectivity index (χ0v) is 5.87. The number of carbonyl (C=O) groups is 2. The van der Waals surface area contributed by atoms with Gasteiger partial charge in [0.05, 0.1) is 5.75 Å². The van der Waals surface area contributed by atoms with E-state index < -0.39 is 10.7 Å². The molecule has 0 radical (unpaired) electrons. The topological polar surface area (TPSA) is 43.4 Å². The Morgan fingerprint density at radius 1 is 1.89 bits per heavy atom. The number of hydrogen-bond acceptors (Lipinski definition) is 4. The highest BCUT2D eigenvalue weighted by molar-refractivity contribution is 8.01. The van der Waals surface area contributed by atoms with Crippen molar-refractivity contribution in [1.29, 1.82) is 0 Å². The van der Waals surface area contributed by atoms with Gasteiger partial charge in [-0.15, -0.1) is 0 Å². The summed E-state index contributed by atoms with van der Waals surface area (Å²) >= 11 is 6.12. The molecule has 0 aromatic heterocycles. The van der Waals surface area contributed by atoms with Crippen LogP contribution in [-0.2, 0) is 14.3 Å². The molecule has 5 heteroatoms. The summed E-state index contributed by atoms with van der Waals surface area (Å²) in [5.41, 5.74) is -0.765. The Morgan fingerprint density at radius 2 is 2.56 bits per heavy atom. The van der Waals surface area contributed by atoms with Crippen LogP contribution in [0.2, 0.25) is 0 Å². The summed E-state index contributed by atoms with van der Waals surface area (Å²) in [7, 11) is 0. The van der Waals surface area contributed by atoms with Crippen LogP contribution in [0.1, 0.15) is 0 Å². The average molecular weight is 167 g/mol. The van der Waals surface area contributed by atoms with Gasteiger partial charge in [-0.3, -0.25) is 9.59 Å². The van der Waals surface area contributed by atoms with Crippen LogP contribution in [0.5, 0.6) is 0 Å². The number of ether oxygens (including phenoxy) is 1. The Labute approximate surface area is 60.7 Å². The third-order valence-electron chi connectivity index (χ3n) is 0.776. The highest BCUT2D eigenvalue weighted by Crippen LogP contribution is 2.22.